The normalized spacial score (nSPS) is 10.2. The zero-order valence-electron chi connectivity index (χ0n) is 10.6. The average molecular weight is 238 g/mol. The Hall–Kier alpha value is -1.71. The summed E-state index contributed by atoms with van der Waals surface area (Å²) in [5.41, 5.74) is 0.389. The Kier molecular flexibility index (Phi) is 4.82. The summed E-state index contributed by atoms with van der Waals surface area (Å²) in [6, 6.07) is 5.15. The van der Waals surface area contributed by atoms with Crippen LogP contribution in [0.5, 0.6) is 11.5 Å². The molecule has 1 aromatic rings. The fraction of sp³-hybridized carbons (Fsp3) is 0.462. The SMILES string of the molecule is CCOc1c(OC)cccc1C(=O)OC(C)C. The summed E-state index contributed by atoms with van der Waals surface area (Å²) in [5.74, 6) is 0.565. The minimum Gasteiger partial charge on any atom is -0.493 e. The predicted molar refractivity (Wildman–Crippen MR) is 64.7 cm³/mol. The topological polar surface area (TPSA) is 44.8 Å². The summed E-state index contributed by atoms with van der Waals surface area (Å²) in [4.78, 5) is 11.9. The van der Waals surface area contributed by atoms with E-state index in [9.17, 15) is 4.79 Å². The van der Waals surface area contributed by atoms with Crippen LogP contribution in [0.3, 0.4) is 0 Å². The number of benzene rings is 1. The van der Waals surface area contributed by atoms with Gasteiger partial charge in [-0.25, -0.2) is 4.79 Å². The van der Waals surface area contributed by atoms with Gasteiger partial charge in [-0.1, -0.05) is 6.07 Å². The van der Waals surface area contributed by atoms with Crippen molar-refractivity contribution in [3.05, 3.63) is 23.8 Å². The largest absolute Gasteiger partial charge is 0.493 e. The van der Waals surface area contributed by atoms with Gasteiger partial charge in [0, 0.05) is 0 Å². The molecule has 94 valence electrons. The summed E-state index contributed by atoms with van der Waals surface area (Å²) >= 11 is 0. The Balaban J connectivity index is 3.08. The summed E-state index contributed by atoms with van der Waals surface area (Å²) in [6.07, 6.45) is -0.164. The van der Waals surface area contributed by atoms with Gasteiger partial charge in [0.25, 0.3) is 0 Å². The molecule has 0 atom stereocenters. The van der Waals surface area contributed by atoms with E-state index >= 15 is 0 Å². The minimum absolute atomic E-state index is 0.164. The van der Waals surface area contributed by atoms with E-state index in [0.29, 0.717) is 23.7 Å². The first kappa shape index (κ1) is 13.4. The maximum atomic E-state index is 11.9. The smallest absolute Gasteiger partial charge is 0.342 e. The van der Waals surface area contributed by atoms with Gasteiger partial charge < -0.3 is 14.2 Å². The molecule has 0 amide bonds. The van der Waals surface area contributed by atoms with Gasteiger partial charge in [0.15, 0.2) is 11.5 Å². The number of hydrogen-bond acceptors (Lipinski definition) is 4. The lowest BCUT2D eigenvalue weighted by atomic mass is 10.2. The van der Waals surface area contributed by atoms with Crippen molar-refractivity contribution in [2.24, 2.45) is 0 Å². The summed E-state index contributed by atoms with van der Waals surface area (Å²) < 4.78 is 15.7. The lowest BCUT2D eigenvalue weighted by molar-refractivity contribution is 0.0373. The number of methoxy groups -OCH3 is 1. The van der Waals surface area contributed by atoms with Crippen LogP contribution in [0, 0.1) is 0 Å². The van der Waals surface area contributed by atoms with E-state index in [2.05, 4.69) is 0 Å². The molecule has 0 fully saturated rings. The van der Waals surface area contributed by atoms with Gasteiger partial charge in [-0.05, 0) is 32.9 Å². The molecule has 0 saturated heterocycles. The second-order valence-electron chi connectivity index (χ2n) is 3.72. The van der Waals surface area contributed by atoms with Crippen molar-refractivity contribution in [2.45, 2.75) is 26.9 Å². The van der Waals surface area contributed by atoms with Gasteiger partial charge in [0.2, 0.25) is 0 Å². The van der Waals surface area contributed by atoms with Crippen LogP contribution in [0.15, 0.2) is 18.2 Å². The van der Waals surface area contributed by atoms with Crippen molar-refractivity contribution in [2.75, 3.05) is 13.7 Å². The molecule has 0 aliphatic heterocycles. The van der Waals surface area contributed by atoms with Crippen LogP contribution in [0.1, 0.15) is 31.1 Å². The van der Waals surface area contributed by atoms with Crippen LogP contribution in [0.4, 0.5) is 0 Å². The lowest BCUT2D eigenvalue weighted by Crippen LogP contribution is -2.13. The van der Waals surface area contributed by atoms with E-state index in [0.717, 1.165) is 0 Å². The molecule has 1 aromatic carbocycles. The third-order valence-corrected chi connectivity index (χ3v) is 2.05. The van der Waals surface area contributed by atoms with Crippen LogP contribution < -0.4 is 9.47 Å². The van der Waals surface area contributed by atoms with Gasteiger partial charge in [-0.2, -0.15) is 0 Å². The molecule has 0 N–H and O–H groups in total. The highest BCUT2D eigenvalue weighted by Crippen LogP contribution is 2.31. The first-order chi connectivity index (χ1) is 8.10. The third-order valence-electron chi connectivity index (χ3n) is 2.05. The lowest BCUT2D eigenvalue weighted by Gasteiger charge is -2.14. The van der Waals surface area contributed by atoms with Crippen molar-refractivity contribution in [3.8, 4) is 11.5 Å². The van der Waals surface area contributed by atoms with E-state index in [1.165, 1.54) is 7.11 Å². The highest BCUT2D eigenvalue weighted by Gasteiger charge is 2.18. The van der Waals surface area contributed by atoms with Crippen molar-refractivity contribution < 1.29 is 19.0 Å². The van der Waals surface area contributed by atoms with Crippen LogP contribution in [0.25, 0.3) is 0 Å². The molecular formula is C13H18O4. The standard InChI is InChI=1S/C13H18O4/c1-5-16-12-10(13(14)17-9(2)3)7-6-8-11(12)15-4/h6-9H,5H2,1-4H3. The molecule has 1 rings (SSSR count). The molecule has 0 radical (unpaired) electrons. The first-order valence-corrected chi connectivity index (χ1v) is 5.60. The second-order valence-corrected chi connectivity index (χ2v) is 3.72. The maximum absolute atomic E-state index is 11.9. The number of hydrogen-bond donors (Lipinski definition) is 0. The number of esters is 1. The number of ether oxygens (including phenoxy) is 3. The zero-order chi connectivity index (χ0) is 12.8. The Morgan fingerprint density at radius 3 is 2.59 bits per heavy atom. The Morgan fingerprint density at radius 2 is 2.06 bits per heavy atom. The molecule has 0 heterocycles. The number of para-hydroxylation sites is 1. The highest BCUT2D eigenvalue weighted by atomic mass is 16.5. The third kappa shape index (κ3) is 3.37. The molecular weight excluding hydrogens is 220 g/mol. The molecule has 0 saturated carbocycles. The minimum atomic E-state index is -0.401. The van der Waals surface area contributed by atoms with Crippen molar-refractivity contribution in [1.82, 2.24) is 0 Å². The molecule has 0 bridgehead atoms. The second kappa shape index (κ2) is 6.13. The molecule has 4 nitrogen and oxygen atoms in total. The van der Waals surface area contributed by atoms with Crippen LogP contribution in [-0.4, -0.2) is 25.8 Å². The van der Waals surface area contributed by atoms with E-state index in [1.54, 1.807) is 32.0 Å². The molecule has 0 spiro atoms. The Morgan fingerprint density at radius 1 is 1.35 bits per heavy atom. The van der Waals surface area contributed by atoms with Gasteiger partial charge in [-0.15, -0.1) is 0 Å². The van der Waals surface area contributed by atoms with Gasteiger partial charge >= 0.3 is 5.97 Å². The quantitative estimate of drug-likeness (QED) is 0.740. The Bertz CT molecular complexity index is 385. The number of carbonyl (C=O) groups is 1. The van der Waals surface area contributed by atoms with Crippen molar-refractivity contribution in [3.63, 3.8) is 0 Å². The zero-order valence-corrected chi connectivity index (χ0v) is 10.6. The van der Waals surface area contributed by atoms with E-state index in [4.69, 9.17) is 14.2 Å². The fourth-order valence-corrected chi connectivity index (χ4v) is 1.41. The summed E-state index contributed by atoms with van der Waals surface area (Å²) in [6.45, 7) is 5.92. The predicted octanol–water partition coefficient (Wildman–Crippen LogP) is 2.66. The molecule has 4 heteroatoms. The molecule has 0 aliphatic rings. The fourth-order valence-electron chi connectivity index (χ4n) is 1.41. The molecule has 0 aromatic heterocycles. The van der Waals surface area contributed by atoms with Crippen molar-refractivity contribution >= 4 is 5.97 Å². The van der Waals surface area contributed by atoms with E-state index in [-0.39, 0.29) is 6.10 Å². The van der Waals surface area contributed by atoms with Gasteiger partial charge in [0.05, 0.1) is 19.8 Å². The monoisotopic (exact) mass is 238 g/mol. The van der Waals surface area contributed by atoms with Crippen LogP contribution in [0.2, 0.25) is 0 Å². The van der Waals surface area contributed by atoms with E-state index < -0.39 is 5.97 Å². The van der Waals surface area contributed by atoms with Crippen LogP contribution >= 0.6 is 0 Å². The van der Waals surface area contributed by atoms with Crippen molar-refractivity contribution in [1.29, 1.82) is 0 Å². The molecule has 17 heavy (non-hydrogen) atoms. The van der Waals surface area contributed by atoms with Gasteiger partial charge in [-0.3, -0.25) is 0 Å². The number of rotatable bonds is 5. The van der Waals surface area contributed by atoms with E-state index in [1.807, 2.05) is 6.92 Å². The highest BCUT2D eigenvalue weighted by molar-refractivity contribution is 5.93. The summed E-state index contributed by atoms with van der Waals surface area (Å²) in [7, 11) is 1.54. The first-order valence-electron chi connectivity index (χ1n) is 5.60. The summed E-state index contributed by atoms with van der Waals surface area (Å²) in [5, 5.41) is 0. The average Bonchev–Trinajstić information content (AvgIpc) is 2.28. The Labute approximate surface area is 101 Å². The maximum Gasteiger partial charge on any atom is 0.342 e. The molecule has 0 aliphatic carbocycles. The van der Waals surface area contributed by atoms with Crippen LogP contribution in [-0.2, 0) is 4.74 Å². The molecule has 0 unspecified atom stereocenters. The number of carbonyl (C=O) groups excluding carboxylic acids is 1. The van der Waals surface area contributed by atoms with Gasteiger partial charge in [0.1, 0.15) is 5.56 Å².